The summed E-state index contributed by atoms with van der Waals surface area (Å²) in [5.74, 6) is 0. The van der Waals surface area contributed by atoms with E-state index >= 15 is 0 Å². The van der Waals surface area contributed by atoms with Crippen molar-refractivity contribution in [2.75, 3.05) is 13.7 Å². The number of hydrogen-bond acceptors (Lipinski definition) is 3. The van der Waals surface area contributed by atoms with E-state index in [2.05, 4.69) is 61.0 Å². The minimum atomic E-state index is -0.717. The van der Waals surface area contributed by atoms with E-state index in [0.717, 1.165) is 32.2 Å². The lowest BCUT2D eigenvalue weighted by Crippen LogP contribution is -2.21. The van der Waals surface area contributed by atoms with Gasteiger partial charge < -0.3 is 19.2 Å². The molecule has 0 spiro atoms. The largest absolute Gasteiger partial charge is 0.386 e. The maximum absolute atomic E-state index is 10.0. The Morgan fingerprint density at radius 3 is 2.59 bits per heavy atom. The van der Waals surface area contributed by atoms with Gasteiger partial charge in [0.05, 0.1) is 5.60 Å². The van der Waals surface area contributed by atoms with Crippen LogP contribution in [0.4, 0.5) is 0 Å². The van der Waals surface area contributed by atoms with Crippen LogP contribution in [0.2, 0.25) is 0 Å². The highest BCUT2D eigenvalue weighted by Crippen LogP contribution is 2.33. The molecule has 4 heteroatoms. The minimum absolute atomic E-state index is 0.658. The number of aldehydes is 1. The molecule has 2 aromatic carbocycles. The summed E-state index contributed by atoms with van der Waals surface area (Å²) in [7, 11) is 3.82. The number of fused-ring (bicyclic) bond motifs is 3. The van der Waals surface area contributed by atoms with Crippen molar-refractivity contribution in [1.82, 2.24) is 4.57 Å². The molecule has 0 fully saturated rings. The first-order valence-electron chi connectivity index (χ1n) is 11.4. The second-order valence-corrected chi connectivity index (χ2v) is 8.87. The monoisotopic (exact) mass is 433 g/mol. The molecule has 0 saturated carbocycles. The number of allylic oxidation sites excluding steroid dienone is 2. The number of carbonyl (C=O) groups excluding carboxylic acids is 1. The average Bonchev–Trinajstić information content (AvgIpc) is 3.05. The van der Waals surface area contributed by atoms with Crippen LogP contribution < -0.4 is 0 Å². The van der Waals surface area contributed by atoms with Crippen LogP contribution in [0.15, 0.2) is 54.6 Å². The summed E-state index contributed by atoms with van der Waals surface area (Å²) in [6.45, 7) is 4.79. The van der Waals surface area contributed by atoms with Crippen LogP contribution in [-0.4, -0.2) is 35.3 Å². The molecular weight excluding hydrogens is 398 g/mol. The van der Waals surface area contributed by atoms with Crippen LogP contribution in [0, 0.1) is 6.92 Å². The van der Waals surface area contributed by atoms with Crippen molar-refractivity contribution in [2.24, 2.45) is 7.05 Å². The van der Waals surface area contributed by atoms with E-state index in [9.17, 15) is 9.90 Å². The van der Waals surface area contributed by atoms with Crippen molar-refractivity contribution in [3.63, 3.8) is 0 Å². The standard InChI is InChI=1S/C21H21NO.C7H14O2/c1-14-4-7-19-18(12-14)17-6-5-16(13-20(17)22(19)3)15-8-10-21(2,23)11-9-15;1-9-7-5-3-2-4-6-8/h4-10,12-13,23H,11H2,1-3H3;6H,2-5,7H2,1H3. The molecule has 1 aromatic heterocycles. The predicted molar refractivity (Wildman–Crippen MR) is 134 cm³/mol. The molecule has 32 heavy (non-hydrogen) atoms. The van der Waals surface area contributed by atoms with Gasteiger partial charge in [-0.25, -0.2) is 0 Å². The quantitative estimate of drug-likeness (QED) is 0.360. The molecule has 1 N–H and O–H groups in total. The van der Waals surface area contributed by atoms with Gasteiger partial charge in [0.25, 0.3) is 0 Å². The number of unbranched alkanes of at least 4 members (excludes halogenated alkanes) is 3. The molecule has 4 nitrogen and oxygen atoms in total. The van der Waals surface area contributed by atoms with E-state index in [4.69, 9.17) is 4.74 Å². The van der Waals surface area contributed by atoms with Gasteiger partial charge in [-0.15, -0.1) is 0 Å². The first-order valence-corrected chi connectivity index (χ1v) is 11.4. The number of hydrogen-bond donors (Lipinski definition) is 1. The highest BCUT2D eigenvalue weighted by Gasteiger charge is 2.19. The van der Waals surface area contributed by atoms with Gasteiger partial charge in [0.15, 0.2) is 0 Å². The normalized spacial score (nSPS) is 17.8. The predicted octanol–water partition coefficient (Wildman–Crippen LogP) is 6.13. The fourth-order valence-electron chi connectivity index (χ4n) is 4.09. The van der Waals surface area contributed by atoms with E-state index in [1.54, 1.807) is 7.11 Å². The van der Waals surface area contributed by atoms with Crippen LogP contribution >= 0.6 is 0 Å². The lowest BCUT2D eigenvalue weighted by molar-refractivity contribution is -0.107. The molecule has 3 aromatic rings. The highest BCUT2D eigenvalue weighted by molar-refractivity contribution is 6.09. The van der Waals surface area contributed by atoms with E-state index in [1.807, 2.05) is 19.1 Å². The second-order valence-electron chi connectivity index (χ2n) is 8.87. The molecular formula is C28H35NO3. The summed E-state index contributed by atoms with van der Waals surface area (Å²) in [4.78, 5) is 9.81. The third kappa shape index (κ3) is 5.76. The average molecular weight is 434 g/mol. The number of aliphatic hydroxyl groups is 1. The smallest absolute Gasteiger partial charge is 0.119 e. The van der Waals surface area contributed by atoms with Crippen molar-refractivity contribution >= 4 is 33.7 Å². The third-order valence-electron chi connectivity index (χ3n) is 6.02. The molecule has 0 aliphatic heterocycles. The molecule has 0 bridgehead atoms. The van der Waals surface area contributed by atoms with Crippen molar-refractivity contribution in [2.45, 2.75) is 51.6 Å². The number of nitrogens with zero attached hydrogens (tertiary/aromatic N) is 1. The van der Waals surface area contributed by atoms with Gasteiger partial charge >= 0.3 is 0 Å². The molecule has 1 atom stereocenters. The van der Waals surface area contributed by atoms with Crippen molar-refractivity contribution in [3.05, 3.63) is 65.8 Å². The lowest BCUT2D eigenvalue weighted by Gasteiger charge is -2.21. The summed E-state index contributed by atoms with van der Waals surface area (Å²) in [5.41, 5.74) is 5.46. The summed E-state index contributed by atoms with van der Waals surface area (Å²) < 4.78 is 7.09. The number of benzene rings is 2. The first kappa shape index (κ1) is 24.0. The summed E-state index contributed by atoms with van der Waals surface area (Å²) >= 11 is 0. The Morgan fingerprint density at radius 2 is 1.91 bits per heavy atom. The fourth-order valence-corrected chi connectivity index (χ4v) is 4.09. The van der Waals surface area contributed by atoms with Gasteiger partial charge in [-0.2, -0.15) is 0 Å². The molecule has 1 aliphatic carbocycles. The maximum Gasteiger partial charge on any atom is 0.119 e. The zero-order valence-electron chi connectivity index (χ0n) is 19.7. The van der Waals surface area contributed by atoms with Crippen LogP contribution in [0.25, 0.3) is 27.4 Å². The van der Waals surface area contributed by atoms with Gasteiger partial charge in [0.2, 0.25) is 0 Å². The number of rotatable bonds is 7. The fraction of sp³-hybridized carbons (Fsp3) is 0.393. The Labute approximate surface area is 191 Å². The van der Waals surface area contributed by atoms with Crippen LogP contribution in [0.1, 0.15) is 50.2 Å². The van der Waals surface area contributed by atoms with E-state index < -0.39 is 5.60 Å². The van der Waals surface area contributed by atoms with Gasteiger partial charge in [0.1, 0.15) is 6.29 Å². The maximum atomic E-state index is 10.0. The molecule has 0 saturated heterocycles. The Hall–Kier alpha value is -2.69. The Morgan fingerprint density at radius 1 is 1.09 bits per heavy atom. The molecule has 1 aliphatic rings. The number of methoxy groups -OCH3 is 1. The van der Waals surface area contributed by atoms with Gasteiger partial charge in [-0.3, -0.25) is 0 Å². The zero-order chi connectivity index (χ0) is 23.1. The van der Waals surface area contributed by atoms with Crippen LogP contribution in [0.5, 0.6) is 0 Å². The minimum Gasteiger partial charge on any atom is -0.386 e. The van der Waals surface area contributed by atoms with Crippen molar-refractivity contribution in [3.8, 4) is 0 Å². The van der Waals surface area contributed by atoms with E-state index in [1.165, 1.54) is 38.5 Å². The van der Waals surface area contributed by atoms with Crippen molar-refractivity contribution < 1.29 is 14.6 Å². The summed E-state index contributed by atoms with van der Waals surface area (Å²) in [6, 6.07) is 13.3. The van der Waals surface area contributed by atoms with Crippen LogP contribution in [-0.2, 0) is 16.6 Å². The molecule has 0 amide bonds. The van der Waals surface area contributed by atoms with Gasteiger partial charge in [-0.05, 0) is 62.4 Å². The number of ether oxygens (including phenoxy) is 1. The van der Waals surface area contributed by atoms with Gasteiger partial charge in [-0.1, -0.05) is 48.4 Å². The van der Waals surface area contributed by atoms with Crippen LogP contribution in [0.3, 0.4) is 0 Å². The Balaban J connectivity index is 0.000000275. The second kappa shape index (κ2) is 10.8. The number of aromatic nitrogens is 1. The highest BCUT2D eigenvalue weighted by atomic mass is 16.5. The number of carbonyl (C=O) groups is 1. The number of aryl methyl sites for hydroxylation is 2. The molecule has 1 unspecified atom stereocenters. The molecule has 0 radical (unpaired) electrons. The topological polar surface area (TPSA) is 51.5 Å². The SMILES string of the molecule is COCCCCCC=O.Cc1ccc2c(c1)c1ccc(C3=CCC(C)(O)C=C3)cc1n2C. The molecule has 170 valence electrons. The lowest BCUT2D eigenvalue weighted by atomic mass is 9.91. The summed E-state index contributed by atoms with van der Waals surface area (Å²) in [6.07, 6.45) is 11.5. The Bertz CT molecular complexity index is 1130. The summed E-state index contributed by atoms with van der Waals surface area (Å²) in [5, 5.41) is 12.6. The van der Waals surface area contributed by atoms with Crippen molar-refractivity contribution in [1.29, 1.82) is 0 Å². The first-order chi connectivity index (χ1) is 15.4. The Kier molecular flexibility index (Phi) is 8.05. The molecule has 4 rings (SSSR count). The molecule has 1 heterocycles. The third-order valence-corrected chi connectivity index (χ3v) is 6.02. The van der Waals surface area contributed by atoms with Gasteiger partial charge in [0, 0.05) is 49.0 Å². The zero-order valence-corrected chi connectivity index (χ0v) is 19.7. The van der Waals surface area contributed by atoms with E-state index in [-0.39, 0.29) is 0 Å². The van der Waals surface area contributed by atoms with E-state index in [0.29, 0.717) is 12.8 Å².